The first-order valence-electron chi connectivity index (χ1n) is 3.37. The van der Waals surface area contributed by atoms with Gasteiger partial charge in [0.1, 0.15) is 11.4 Å². The minimum absolute atomic E-state index is 0.104. The van der Waals surface area contributed by atoms with E-state index in [4.69, 9.17) is 5.73 Å². The second-order valence-electron chi connectivity index (χ2n) is 2.28. The number of guanidine groups is 1. The first-order chi connectivity index (χ1) is 5.81. The highest BCUT2D eigenvalue weighted by Crippen LogP contribution is 2.16. The van der Waals surface area contributed by atoms with Crippen LogP contribution < -0.4 is 5.73 Å². The quantitative estimate of drug-likeness (QED) is 0.566. The van der Waals surface area contributed by atoms with E-state index in [0.29, 0.717) is 5.84 Å². The van der Waals surface area contributed by atoms with Crippen LogP contribution in [-0.4, -0.2) is 35.5 Å². The maximum Gasteiger partial charge on any atom is 0.222 e. The lowest BCUT2D eigenvalue weighted by molar-refractivity contribution is 1.15. The molecule has 0 aliphatic carbocycles. The van der Waals surface area contributed by atoms with E-state index in [2.05, 4.69) is 20.0 Å². The zero-order valence-electron chi connectivity index (χ0n) is 6.43. The van der Waals surface area contributed by atoms with Crippen LogP contribution in [0.2, 0.25) is 0 Å². The molecule has 6 heteroatoms. The molecule has 1 atom stereocenters. The van der Waals surface area contributed by atoms with Gasteiger partial charge in [0, 0.05) is 0 Å². The van der Waals surface area contributed by atoms with Gasteiger partial charge in [-0.3, -0.25) is 4.99 Å². The Labute approximate surface area is 73.6 Å². The van der Waals surface area contributed by atoms with E-state index >= 15 is 0 Å². The summed E-state index contributed by atoms with van der Waals surface area (Å²) < 4.78 is 0. The van der Waals surface area contributed by atoms with Gasteiger partial charge in [0.15, 0.2) is 11.9 Å². The van der Waals surface area contributed by atoms with E-state index in [1.54, 1.807) is 0 Å². The standard InChI is InChI=1S/C6H7N5S/c1-12-5-3-4(9-2-8-3)10-6(7)11-5/h2-3H,1H3,(H2,7,8,9,10). The second-order valence-corrected chi connectivity index (χ2v) is 3.11. The van der Waals surface area contributed by atoms with Crippen molar-refractivity contribution in [1.29, 1.82) is 0 Å². The third-order valence-electron chi connectivity index (χ3n) is 1.55. The first-order valence-corrected chi connectivity index (χ1v) is 4.60. The highest BCUT2D eigenvalue weighted by atomic mass is 32.2. The minimum Gasteiger partial charge on any atom is -0.368 e. The molecule has 0 aromatic rings. The Balaban J connectivity index is 2.40. The zero-order valence-corrected chi connectivity index (χ0v) is 7.25. The van der Waals surface area contributed by atoms with E-state index < -0.39 is 0 Å². The molecule has 2 heterocycles. The third-order valence-corrected chi connectivity index (χ3v) is 2.28. The molecule has 2 aliphatic rings. The molecule has 5 nitrogen and oxygen atoms in total. The fourth-order valence-corrected chi connectivity index (χ4v) is 1.61. The van der Waals surface area contributed by atoms with Crippen LogP contribution in [0, 0.1) is 0 Å². The van der Waals surface area contributed by atoms with Crippen LogP contribution in [0.1, 0.15) is 0 Å². The SMILES string of the molecule is CSC1=NC(N)=NC2=NC=NC21. The Bertz CT molecular complexity index is 327. The van der Waals surface area contributed by atoms with Crippen molar-refractivity contribution < 1.29 is 0 Å². The summed E-state index contributed by atoms with van der Waals surface area (Å²) in [5.74, 6) is 0.909. The Morgan fingerprint density at radius 2 is 2.33 bits per heavy atom. The third kappa shape index (κ3) is 1.04. The molecule has 62 valence electrons. The van der Waals surface area contributed by atoms with Crippen molar-refractivity contribution >= 4 is 34.9 Å². The molecule has 2 N–H and O–H groups in total. The average molecular weight is 181 g/mol. The van der Waals surface area contributed by atoms with Gasteiger partial charge in [0.25, 0.3) is 0 Å². The molecular weight excluding hydrogens is 174 g/mol. The van der Waals surface area contributed by atoms with Crippen molar-refractivity contribution in [2.24, 2.45) is 25.7 Å². The summed E-state index contributed by atoms with van der Waals surface area (Å²) in [5.41, 5.74) is 5.47. The number of thioether (sulfide) groups is 1. The maximum absolute atomic E-state index is 5.47. The summed E-state index contributed by atoms with van der Waals surface area (Å²) in [5, 5.41) is 0.856. The highest BCUT2D eigenvalue weighted by Gasteiger charge is 2.27. The normalized spacial score (nSPS) is 26.1. The monoisotopic (exact) mass is 181 g/mol. The number of rotatable bonds is 0. The molecule has 12 heavy (non-hydrogen) atoms. The van der Waals surface area contributed by atoms with Crippen LogP contribution in [0.25, 0.3) is 0 Å². The van der Waals surface area contributed by atoms with Gasteiger partial charge in [-0.2, -0.15) is 4.99 Å². The van der Waals surface area contributed by atoms with Gasteiger partial charge in [-0.1, -0.05) is 0 Å². The minimum atomic E-state index is -0.104. The predicted molar refractivity (Wildman–Crippen MR) is 52.3 cm³/mol. The topological polar surface area (TPSA) is 75.5 Å². The van der Waals surface area contributed by atoms with Gasteiger partial charge in [-0.15, -0.1) is 11.8 Å². The second kappa shape index (κ2) is 2.71. The van der Waals surface area contributed by atoms with Crippen LogP contribution in [0.15, 0.2) is 20.0 Å². The highest BCUT2D eigenvalue weighted by molar-refractivity contribution is 8.13. The lowest BCUT2D eigenvalue weighted by Crippen LogP contribution is -2.31. The summed E-state index contributed by atoms with van der Waals surface area (Å²) in [4.78, 5) is 16.1. The van der Waals surface area contributed by atoms with Crippen LogP contribution in [-0.2, 0) is 0 Å². The molecule has 2 rings (SSSR count). The van der Waals surface area contributed by atoms with Gasteiger partial charge in [-0.05, 0) is 6.26 Å². The number of hydrogen-bond donors (Lipinski definition) is 1. The van der Waals surface area contributed by atoms with Crippen molar-refractivity contribution in [3.8, 4) is 0 Å². The Kier molecular flexibility index (Phi) is 1.69. The van der Waals surface area contributed by atoms with E-state index in [1.165, 1.54) is 18.1 Å². The van der Waals surface area contributed by atoms with E-state index in [-0.39, 0.29) is 12.0 Å². The Morgan fingerprint density at radius 3 is 3.08 bits per heavy atom. The number of hydrogen-bond acceptors (Lipinski definition) is 6. The molecule has 0 spiro atoms. The van der Waals surface area contributed by atoms with Gasteiger partial charge in [0.05, 0.1) is 0 Å². The summed E-state index contributed by atoms with van der Waals surface area (Å²) in [6.07, 6.45) is 3.43. The summed E-state index contributed by atoms with van der Waals surface area (Å²) in [7, 11) is 0. The van der Waals surface area contributed by atoms with Crippen LogP contribution in [0.5, 0.6) is 0 Å². The smallest absolute Gasteiger partial charge is 0.222 e. The molecule has 0 aromatic heterocycles. The lowest BCUT2D eigenvalue weighted by Gasteiger charge is -2.13. The van der Waals surface area contributed by atoms with Crippen LogP contribution in [0.3, 0.4) is 0 Å². The average Bonchev–Trinajstić information content (AvgIpc) is 2.50. The molecule has 2 aliphatic heterocycles. The summed E-state index contributed by atoms with van der Waals surface area (Å²) in [6, 6.07) is -0.104. The number of aliphatic imine (C=N–C) groups is 4. The molecular formula is C6H7N5S. The fourth-order valence-electron chi connectivity index (χ4n) is 1.03. The maximum atomic E-state index is 5.47. The molecule has 0 bridgehead atoms. The van der Waals surface area contributed by atoms with Crippen molar-refractivity contribution in [2.75, 3.05) is 6.26 Å². The van der Waals surface area contributed by atoms with Crippen molar-refractivity contribution in [2.45, 2.75) is 6.04 Å². The zero-order chi connectivity index (χ0) is 8.55. The van der Waals surface area contributed by atoms with Crippen LogP contribution >= 0.6 is 11.8 Å². The van der Waals surface area contributed by atoms with Gasteiger partial charge < -0.3 is 5.73 Å². The largest absolute Gasteiger partial charge is 0.368 e. The van der Waals surface area contributed by atoms with Crippen LogP contribution in [0.4, 0.5) is 0 Å². The van der Waals surface area contributed by atoms with E-state index in [0.717, 1.165) is 5.04 Å². The van der Waals surface area contributed by atoms with Gasteiger partial charge in [0.2, 0.25) is 5.96 Å². The molecule has 0 saturated heterocycles. The molecule has 1 unspecified atom stereocenters. The van der Waals surface area contributed by atoms with E-state index in [1.807, 2.05) is 6.26 Å². The molecule has 0 aromatic carbocycles. The predicted octanol–water partition coefficient (Wildman–Crippen LogP) is -0.115. The number of nitrogens with zero attached hydrogens (tertiary/aromatic N) is 4. The van der Waals surface area contributed by atoms with Gasteiger partial charge >= 0.3 is 0 Å². The molecule has 0 amide bonds. The first kappa shape index (κ1) is 7.48. The van der Waals surface area contributed by atoms with Gasteiger partial charge in [-0.25, -0.2) is 9.98 Å². The molecule has 0 radical (unpaired) electrons. The van der Waals surface area contributed by atoms with Crippen molar-refractivity contribution in [1.82, 2.24) is 0 Å². The Hall–Kier alpha value is -1.17. The van der Waals surface area contributed by atoms with Crippen molar-refractivity contribution in [3.63, 3.8) is 0 Å². The molecule has 0 saturated carbocycles. The molecule has 0 fully saturated rings. The Morgan fingerprint density at radius 1 is 1.50 bits per heavy atom. The fraction of sp³-hybridized carbons (Fsp3) is 0.333. The summed E-state index contributed by atoms with van der Waals surface area (Å²) in [6.45, 7) is 0. The number of amidine groups is 1. The lowest BCUT2D eigenvalue weighted by atomic mass is 10.3. The number of nitrogens with two attached hydrogens (primary N) is 1. The number of fused-ring (bicyclic) bond motifs is 1. The van der Waals surface area contributed by atoms with Crippen molar-refractivity contribution in [3.05, 3.63) is 0 Å². The summed E-state index contributed by atoms with van der Waals surface area (Å²) >= 11 is 1.52. The van der Waals surface area contributed by atoms with E-state index in [9.17, 15) is 0 Å².